The molecule has 0 aliphatic carbocycles. The summed E-state index contributed by atoms with van der Waals surface area (Å²) >= 11 is 0. The molecule has 5 aromatic rings. The zero-order chi connectivity index (χ0) is 22.8. The monoisotopic (exact) mass is 439 g/mol. The van der Waals surface area contributed by atoms with Gasteiger partial charge in [-0.2, -0.15) is 4.98 Å². The van der Waals surface area contributed by atoms with E-state index in [0.29, 0.717) is 24.0 Å². The minimum atomic E-state index is -1.09. The van der Waals surface area contributed by atoms with Gasteiger partial charge < -0.3 is 19.4 Å². The van der Waals surface area contributed by atoms with Gasteiger partial charge in [-0.05, 0) is 47.5 Å². The molecule has 2 aromatic heterocycles. The van der Waals surface area contributed by atoms with Crippen molar-refractivity contribution >= 4 is 22.4 Å². The molecule has 1 unspecified atom stereocenters. The average molecular weight is 439 g/mol. The Morgan fingerprint density at radius 2 is 1.85 bits per heavy atom. The van der Waals surface area contributed by atoms with Gasteiger partial charge in [0.15, 0.2) is 0 Å². The first kappa shape index (κ1) is 20.5. The van der Waals surface area contributed by atoms with Gasteiger partial charge in [-0.3, -0.25) is 0 Å². The van der Waals surface area contributed by atoms with Crippen LogP contribution in [0.15, 0.2) is 87.8 Å². The SMILES string of the molecule is CC(c1nc(-c2cccc(NCc3ccc(C(=O)O)o3)c2)no1)c1cccc2ccccc12. The average Bonchev–Trinajstić information content (AvgIpc) is 3.52. The topological polar surface area (TPSA) is 101 Å². The summed E-state index contributed by atoms with van der Waals surface area (Å²) in [5.41, 5.74) is 2.78. The van der Waals surface area contributed by atoms with Crippen LogP contribution in [0.25, 0.3) is 22.2 Å². The van der Waals surface area contributed by atoms with Crippen LogP contribution in [0.4, 0.5) is 5.69 Å². The molecule has 2 heterocycles. The number of benzene rings is 3. The molecule has 0 radical (unpaired) electrons. The number of fused-ring (bicyclic) bond motifs is 1. The fraction of sp³-hybridized carbons (Fsp3) is 0.115. The second kappa shape index (κ2) is 8.63. The maximum atomic E-state index is 11.0. The summed E-state index contributed by atoms with van der Waals surface area (Å²) < 4.78 is 10.9. The third-order valence-corrected chi connectivity index (χ3v) is 5.56. The van der Waals surface area contributed by atoms with Gasteiger partial charge >= 0.3 is 5.97 Å². The molecule has 0 saturated carbocycles. The van der Waals surface area contributed by atoms with E-state index in [0.717, 1.165) is 16.8 Å². The zero-order valence-electron chi connectivity index (χ0n) is 17.9. The quantitative estimate of drug-likeness (QED) is 0.323. The number of rotatable bonds is 7. The van der Waals surface area contributed by atoms with E-state index in [1.807, 2.05) is 42.5 Å². The van der Waals surface area contributed by atoms with Gasteiger partial charge in [0.05, 0.1) is 12.5 Å². The highest BCUT2D eigenvalue weighted by atomic mass is 16.5. The summed E-state index contributed by atoms with van der Waals surface area (Å²) in [6.07, 6.45) is 0. The molecule has 7 nitrogen and oxygen atoms in total. The normalized spacial score (nSPS) is 12.0. The predicted octanol–water partition coefficient (Wildman–Crippen LogP) is 5.94. The van der Waals surface area contributed by atoms with Crippen LogP contribution in [0.5, 0.6) is 0 Å². The van der Waals surface area contributed by atoms with Crippen LogP contribution in [0, 0.1) is 0 Å². The fourth-order valence-electron chi connectivity index (χ4n) is 3.83. The molecule has 1 atom stereocenters. The van der Waals surface area contributed by atoms with E-state index in [2.05, 4.69) is 46.6 Å². The second-order valence-corrected chi connectivity index (χ2v) is 7.75. The number of nitrogens with zero attached hydrogens (tertiary/aromatic N) is 2. The van der Waals surface area contributed by atoms with Crippen molar-refractivity contribution in [3.8, 4) is 11.4 Å². The van der Waals surface area contributed by atoms with Crippen molar-refractivity contribution in [3.63, 3.8) is 0 Å². The number of furan rings is 1. The highest BCUT2D eigenvalue weighted by Crippen LogP contribution is 2.31. The first-order valence-electron chi connectivity index (χ1n) is 10.6. The number of carboxylic acids is 1. The first-order valence-corrected chi connectivity index (χ1v) is 10.6. The van der Waals surface area contributed by atoms with Crippen LogP contribution in [0.2, 0.25) is 0 Å². The van der Waals surface area contributed by atoms with Crippen molar-refractivity contribution in [1.29, 1.82) is 0 Å². The minimum absolute atomic E-state index is 0.0546. The molecular formula is C26H21N3O4. The molecule has 7 heteroatoms. The van der Waals surface area contributed by atoms with E-state index in [1.165, 1.54) is 16.8 Å². The zero-order valence-corrected chi connectivity index (χ0v) is 17.9. The lowest BCUT2D eigenvalue weighted by Crippen LogP contribution is -1.99. The van der Waals surface area contributed by atoms with Crippen LogP contribution in [-0.4, -0.2) is 21.2 Å². The molecule has 2 N–H and O–H groups in total. The van der Waals surface area contributed by atoms with Crippen LogP contribution in [-0.2, 0) is 6.54 Å². The first-order chi connectivity index (χ1) is 16.1. The largest absolute Gasteiger partial charge is 0.475 e. The number of carbonyl (C=O) groups is 1. The Kier molecular flexibility index (Phi) is 5.36. The smallest absolute Gasteiger partial charge is 0.371 e. The van der Waals surface area contributed by atoms with Crippen molar-refractivity contribution < 1.29 is 18.8 Å². The Bertz CT molecular complexity index is 1430. The lowest BCUT2D eigenvalue weighted by atomic mass is 9.95. The molecule has 0 fully saturated rings. The van der Waals surface area contributed by atoms with Crippen molar-refractivity contribution in [2.24, 2.45) is 0 Å². The highest BCUT2D eigenvalue weighted by Gasteiger charge is 2.19. The van der Waals surface area contributed by atoms with Crippen molar-refractivity contribution in [2.45, 2.75) is 19.4 Å². The van der Waals surface area contributed by atoms with Crippen molar-refractivity contribution in [1.82, 2.24) is 10.1 Å². The van der Waals surface area contributed by atoms with E-state index in [9.17, 15) is 4.79 Å². The van der Waals surface area contributed by atoms with Gasteiger partial charge in [-0.25, -0.2) is 4.79 Å². The Labute approximate surface area is 189 Å². The lowest BCUT2D eigenvalue weighted by Gasteiger charge is -2.10. The van der Waals surface area contributed by atoms with Crippen LogP contribution in [0.3, 0.4) is 0 Å². The molecule has 5 rings (SSSR count). The molecule has 0 saturated heterocycles. The van der Waals surface area contributed by atoms with Gasteiger partial charge in [0, 0.05) is 11.3 Å². The number of aromatic carboxylic acids is 1. The standard InChI is InChI=1S/C26H21N3O4/c1-16(21-11-5-7-17-6-2-3-10-22(17)21)25-28-24(29-33-25)18-8-4-9-19(14-18)27-15-20-12-13-23(32-20)26(30)31/h2-14,16,27H,15H2,1H3,(H,30,31). The van der Waals surface area contributed by atoms with E-state index >= 15 is 0 Å². The number of aromatic nitrogens is 2. The molecule has 0 spiro atoms. The van der Waals surface area contributed by atoms with E-state index in [1.54, 1.807) is 6.07 Å². The van der Waals surface area contributed by atoms with E-state index < -0.39 is 5.97 Å². The van der Waals surface area contributed by atoms with E-state index in [4.69, 9.17) is 14.0 Å². The molecule has 0 bridgehead atoms. The Morgan fingerprint density at radius 1 is 1.03 bits per heavy atom. The van der Waals surface area contributed by atoms with E-state index in [-0.39, 0.29) is 11.7 Å². The van der Waals surface area contributed by atoms with Gasteiger partial charge in [0.1, 0.15) is 5.76 Å². The summed E-state index contributed by atoms with van der Waals surface area (Å²) in [6, 6.07) is 25.2. The van der Waals surface area contributed by atoms with Crippen molar-refractivity contribution in [2.75, 3.05) is 5.32 Å². The molecule has 164 valence electrons. The molecule has 33 heavy (non-hydrogen) atoms. The number of carboxylic acid groups (broad SMARTS) is 1. The fourth-order valence-corrected chi connectivity index (χ4v) is 3.83. The summed E-state index contributed by atoms with van der Waals surface area (Å²) in [4.78, 5) is 15.6. The van der Waals surface area contributed by atoms with Gasteiger partial charge in [0.25, 0.3) is 0 Å². The van der Waals surface area contributed by atoms with Gasteiger partial charge in [-0.1, -0.05) is 59.8 Å². The number of hydrogen-bond donors (Lipinski definition) is 2. The Hall–Kier alpha value is -4.39. The van der Waals surface area contributed by atoms with Gasteiger partial charge in [-0.15, -0.1) is 0 Å². The maximum absolute atomic E-state index is 11.0. The number of anilines is 1. The second-order valence-electron chi connectivity index (χ2n) is 7.75. The Balaban J connectivity index is 1.34. The van der Waals surface area contributed by atoms with Crippen molar-refractivity contribution in [3.05, 3.63) is 102 Å². The van der Waals surface area contributed by atoms with Gasteiger partial charge in [0.2, 0.25) is 17.5 Å². The third kappa shape index (κ3) is 4.21. The maximum Gasteiger partial charge on any atom is 0.371 e. The van der Waals surface area contributed by atoms with Crippen LogP contribution in [0.1, 0.15) is 40.6 Å². The predicted molar refractivity (Wildman–Crippen MR) is 124 cm³/mol. The van der Waals surface area contributed by atoms with Crippen LogP contribution >= 0.6 is 0 Å². The molecule has 0 amide bonds. The lowest BCUT2D eigenvalue weighted by molar-refractivity contribution is 0.0660. The summed E-state index contributed by atoms with van der Waals surface area (Å²) in [6.45, 7) is 2.41. The molecule has 3 aromatic carbocycles. The number of hydrogen-bond acceptors (Lipinski definition) is 6. The summed E-state index contributed by atoms with van der Waals surface area (Å²) in [5, 5.41) is 18.7. The molecule has 0 aliphatic rings. The highest BCUT2D eigenvalue weighted by molar-refractivity contribution is 5.86. The minimum Gasteiger partial charge on any atom is -0.475 e. The summed E-state index contributed by atoms with van der Waals surface area (Å²) in [7, 11) is 0. The third-order valence-electron chi connectivity index (χ3n) is 5.56. The summed E-state index contributed by atoms with van der Waals surface area (Å²) in [5.74, 6) is 0.363. The molecule has 0 aliphatic heterocycles. The van der Waals surface area contributed by atoms with Crippen LogP contribution < -0.4 is 5.32 Å². The Morgan fingerprint density at radius 3 is 2.70 bits per heavy atom. The number of nitrogens with one attached hydrogen (secondary N) is 1. The molecular weight excluding hydrogens is 418 g/mol.